The van der Waals surface area contributed by atoms with Gasteiger partial charge in [-0.15, -0.1) is 0 Å². The highest BCUT2D eigenvalue weighted by Gasteiger charge is 2.20. The monoisotopic (exact) mass is 469 g/mol. The first-order chi connectivity index (χ1) is 16.9. The van der Waals surface area contributed by atoms with Gasteiger partial charge in [0.1, 0.15) is 11.3 Å². The number of hydrogen-bond donors (Lipinski definition) is 1. The molecule has 0 unspecified atom stereocenters. The topological polar surface area (TPSA) is 103 Å². The highest BCUT2D eigenvalue weighted by atomic mass is 16.5. The first-order valence-corrected chi connectivity index (χ1v) is 11.1. The standard InChI is InChI=1S/C28H23NO6/c1-3-24(31)29-20-14-12-18(13-15-20)23(30)16-34-28(33)22-11-7-10-21-25(32)17(2)26(35-27(21)22)19-8-5-4-6-9-19/h4-15H,3,16H2,1-2H3,(H,29,31). The number of amides is 1. The van der Waals surface area contributed by atoms with E-state index < -0.39 is 18.4 Å². The van der Waals surface area contributed by atoms with Crippen molar-refractivity contribution >= 4 is 34.3 Å². The second-order valence-corrected chi connectivity index (χ2v) is 7.91. The average molecular weight is 469 g/mol. The lowest BCUT2D eigenvalue weighted by molar-refractivity contribution is -0.115. The second-order valence-electron chi connectivity index (χ2n) is 7.91. The first kappa shape index (κ1) is 23.6. The van der Waals surface area contributed by atoms with Crippen molar-refractivity contribution in [3.63, 3.8) is 0 Å². The summed E-state index contributed by atoms with van der Waals surface area (Å²) in [6, 6.07) is 20.1. The van der Waals surface area contributed by atoms with Crippen LogP contribution in [0.3, 0.4) is 0 Å². The summed E-state index contributed by atoms with van der Waals surface area (Å²) in [4.78, 5) is 49.8. The molecule has 0 aliphatic carbocycles. The third-order valence-corrected chi connectivity index (χ3v) is 5.55. The van der Waals surface area contributed by atoms with Gasteiger partial charge >= 0.3 is 5.97 Å². The first-order valence-electron chi connectivity index (χ1n) is 11.1. The van der Waals surface area contributed by atoms with Crippen LogP contribution < -0.4 is 10.7 Å². The van der Waals surface area contributed by atoms with E-state index in [1.165, 1.54) is 6.07 Å². The molecular formula is C28H23NO6. The minimum Gasteiger partial charge on any atom is -0.455 e. The van der Waals surface area contributed by atoms with Crippen molar-refractivity contribution in [1.29, 1.82) is 0 Å². The van der Waals surface area contributed by atoms with Crippen LogP contribution in [-0.2, 0) is 9.53 Å². The van der Waals surface area contributed by atoms with Crippen molar-refractivity contribution in [3.8, 4) is 11.3 Å². The Balaban J connectivity index is 1.56. The average Bonchev–Trinajstić information content (AvgIpc) is 2.89. The highest BCUT2D eigenvalue weighted by Crippen LogP contribution is 2.27. The van der Waals surface area contributed by atoms with Gasteiger partial charge in [-0.3, -0.25) is 14.4 Å². The molecule has 7 nitrogen and oxygen atoms in total. The van der Waals surface area contributed by atoms with Crippen molar-refractivity contribution in [2.24, 2.45) is 0 Å². The van der Waals surface area contributed by atoms with Crippen LogP contribution in [0.1, 0.15) is 39.6 Å². The maximum Gasteiger partial charge on any atom is 0.342 e. The smallest absolute Gasteiger partial charge is 0.342 e. The Bertz CT molecular complexity index is 1470. The van der Waals surface area contributed by atoms with Crippen molar-refractivity contribution in [2.75, 3.05) is 11.9 Å². The molecule has 1 amide bonds. The Morgan fingerprint density at radius 3 is 2.31 bits per heavy atom. The molecule has 1 heterocycles. The summed E-state index contributed by atoms with van der Waals surface area (Å²) in [6.45, 7) is 2.93. The lowest BCUT2D eigenvalue weighted by Gasteiger charge is -2.10. The third-order valence-electron chi connectivity index (χ3n) is 5.55. The number of carbonyl (C=O) groups is 3. The van der Waals surface area contributed by atoms with Gasteiger partial charge in [-0.1, -0.05) is 43.3 Å². The fraction of sp³-hybridized carbons (Fsp3) is 0.143. The van der Waals surface area contributed by atoms with Gasteiger partial charge in [0.15, 0.2) is 23.4 Å². The largest absolute Gasteiger partial charge is 0.455 e. The molecule has 0 aliphatic heterocycles. The van der Waals surface area contributed by atoms with E-state index in [0.717, 1.165) is 0 Å². The van der Waals surface area contributed by atoms with Crippen LogP contribution >= 0.6 is 0 Å². The van der Waals surface area contributed by atoms with Crippen LogP contribution in [0, 0.1) is 6.92 Å². The van der Waals surface area contributed by atoms with E-state index in [1.54, 1.807) is 50.2 Å². The lowest BCUT2D eigenvalue weighted by atomic mass is 10.0. The van der Waals surface area contributed by atoms with Gasteiger partial charge in [0.05, 0.1) is 5.39 Å². The second kappa shape index (κ2) is 10.2. The number of fused-ring (bicyclic) bond motifs is 1. The maximum atomic E-state index is 13.0. The van der Waals surface area contributed by atoms with Gasteiger partial charge in [0.2, 0.25) is 5.91 Å². The highest BCUT2D eigenvalue weighted by molar-refractivity contribution is 6.04. The van der Waals surface area contributed by atoms with E-state index >= 15 is 0 Å². The van der Waals surface area contributed by atoms with Crippen LogP contribution in [-0.4, -0.2) is 24.3 Å². The summed E-state index contributed by atoms with van der Waals surface area (Å²) in [7, 11) is 0. The van der Waals surface area contributed by atoms with Gasteiger partial charge < -0.3 is 14.5 Å². The predicted molar refractivity (Wildman–Crippen MR) is 133 cm³/mol. The molecule has 0 saturated carbocycles. The number of carbonyl (C=O) groups excluding carboxylic acids is 3. The molecule has 3 aromatic carbocycles. The van der Waals surface area contributed by atoms with E-state index in [-0.39, 0.29) is 27.9 Å². The van der Waals surface area contributed by atoms with Gasteiger partial charge in [-0.2, -0.15) is 0 Å². The number of hydrogen-bond acceptors (Lipinski definition) is 6. The molecule has 0 atom stereocenters. The molecule has 35 heavy (non-hydrogen) atoms. The molecule has 1 aromatic heterocycles. The zero-order chi connectivity index (χ0) is 24.9. The van der Waals surface area contributed by atoms with Crippen LogP contribution in [0.5, 0.6) is 0 Å². The SMILES string of the molecule is CCC(=O)Nc1ccc(C(=O)COC(=O)c2cccc3c(=O)c(C)c(-c4ccccc4)oc23)cc1. The number of Topliss-reactive ketones (excluding diaryl/α,β-unsaturated/α-hetero) is 1. The molecular weight excluding hydrogens is 446 g/mol. The van der Waals surface area contributed by atoms with Crippen LogP contribution in [0.15, 0.2) is 82.0 Å². The number of esters is 1. The van der Waals surface area contributed by atoms with Crippen LogP contribution in [0.4, 0.5) is 5.69 Å². The molecule has 0 spiro atoms. The normalized spacial score (nSPS) is 10.7. The minimum absolute atomic E-state index is 0.0576. The van der Waals surface area contributed by atoms with Gasteiger partial charge in [0.25, 0.3) is 0 Å². The number of para-hydroxylation sites is 1. The lowest BCUT2D eigenvalue weighted by Crippen LogP contribution is -2.16. The zero-order valence-corrected chi connectivity index (χ0v) is 19.3. The summed E-state index contributed by atoms with van der Waals surface area (Å²) in [5.41, 5.74) is 1.96. The summed E-state index contributed by atoms with van der Waals surface area (Å²) in [6.07, 6.45) is 0.345. The summed E-state index contributed by atoms with van der Waals surface area (Å²) >= 11 is 0. The summed E-state index contributed by atoms with van der Waals surface area (Å²) in [5.74, 6) is -0.948. The van der Waals surface area contributed by atoms with E-state index in [9.17, 15) is 19.2 Å². The Kier molecular flexibility index (Phi) is 6.87. The molecule has 1 N–H and O–H groups in total. The zero-order valence-electron chi connectivity index (χ0n) is 19.3. The summed E-state index contributed by atoms with van der Waals surface area (Å²) in [5, 5.41) is 2.96. The Morgan fingerprint density at radius 2 is 1.63 bits per heavy atom. The van der Waals surface area contributed by atoms with Gasteiger partial charge in [0, 0.05) is 28.8 Å². The van der Waals surface area contributed by atoms with Crippen molar-refractivity contribution < 1.29 is 23.5 Å². The number of benzene rings is 3. The molecule has 4 rings (SSSR count). The van der Waals surface area contributed by atoms with Crippen molar-refractivity contribution in [3.05, 3.63) is 99.7 Å². The Hall–Kier alpha value is -4.52. The Labute approximate surface area is 201 Å². The molecule has 0 bridgehead atoms. The Morgan fingerprint density at radius 1 is 0.914 bits per heavy atom. The van der Waals surface area contributed by atoms with Gasteiger partial charge in [-0.05, 0) is 43.3 Å². The van der Waals surface area contributed by atoms with E-state index in [0.29, 0.717) is 34.6 Å². The predicted octanol–water partition coefficient (Wildman–Crippen LogP) is 5.16. The van der Waals surface area contributed by atoms with Crippen molar-refractivity contribution in [2.45, 2.75) is 20.3 Å². The molecule has 176 valence electrons. The fourth-order valence-corrected chi connectivity index (χ4v) is 3.62. The molecule has 0 saturated heterocycles. The third kappa shape index (κ3) is 5.04. The maximum absolute atomic E-state index is 13.0. The number of nitrogens with one attached hydrogen (secondary N) is 1. The molecule has 0 fully saturated rings. The van der Waals surface area contributed by atoms with Crippen LogP contribution in [0.25, 0.3) is 22.3 Å². The number of ketones is 1. The molecule has 7 heteroatoms. The van der Waals surface area contributed by atoms with E-state index in [1.807, 2.05) is 30.3 Å². The van der Waals surface area contributed by atoms with Gasteiger partial charge in [-0.25, -0.2) is 4.79 Å². The molecule has 4 aromatic rings. The fourth-order valence-electron chi connectivity index (χ4n) is 3.62. The molecule has 0 radical (unpaired) electrons. The van der Waals surface area contributed by atoms with E-state index in [2.05, 4.69) is 5.32 Å². The number of anilines is 1. The van der Waals surface area contributed by atoms with Crippen molar-refractivity contribution in [1.82, 2.24) is 0 Å². The van der Waals surface area contributed by atoms with Crippen LogP contribution in [0.2, 0.25) is 0 Å². The van der Waals surface area contributed by atoms with E-state index in [4.69, 9.17) is 9.15 Å². The minimum atomic E-state index is -0.776. The number of ether oxygens (including phenoxy) is 1. The number of rotatable bonds is 7. The quantitative estimate of drug-likeness (QED) is 0.296. The summed E-state index contributed by atoms with van der Waals surface area (Å²) < 4.78 is 11.3. The molecule has 0 aliphatic rings.